The minimum Gasteiger partial charge on any atom is -0.309 e. The molecule has 8 nitrogen and oxygen atoms in total. The van der Waals surface area contributed by atoms with Crippen LogP contribution in [0.5, 0.6) is 0 Å². The fraction of sp³-hybridized carbons (Fsp3) is 0. The van der Waals surface area contributed by atoms with Crippen LogP contribution in [0.25, 0.3) is 88.5 Å². The number of para-hydroxylation sites is 2. The van der Waals surface area contributed by atoms with Gasteiger partial charge in [0.25, 0.3) is 0 Å². The zero-order valence-electron chi connectivity index (χ0n) is 31.6. The number of fused-ring (bicyclic) bond motifs is 6. The minimum absolute atomic E-state index is 0.416. The fourth-order valence-corrected chi connectivity index (χ4v) is 8.51. The van der Waals surface area contributed by atoms with Crippen molar-refractivity contribution in [3.63, 3.8) is 0 Å². The van der Waals surface area contributed by atoms with Crippen molar-refractivity contribution >= 4 is 43.6 Å². The van der Waals surface area contributed by atoms with Crippen molar-refractivity contribution in [2.45, 2.75) is 0 Å². The van der Waals surface area contributed by atoms with E-state index >= 15 is 0 Å². The van der Waals surface area contributed by atoms with Crippen molar-refractivity contribution < 1.29 is 0 Å². The third kappa shape index (κ3) is 5.53. The number of rotatable bonds is 5. The number of nitriles is 5. The van der Waals surface area contributed by atoms with E-state index in [0.29, 0.717) is 39.1 Å². The van der Waals surface area contributed by atoms with Gasteiger partial charge in [0.2, 0.25) is 0 Å². The minimum atomic E-state index is 0.416. The molecule has 0 aliphatic rings. The molecular formula is C52H26N8. The molecule has 10 rings (SSSR count). The molecule has 10 aromatic rings. The van der Waals surface area contributed by atoms with Crippen LogP contribution >= 0.6 is 0 Å². The van der Waals surface area contributed by atoms with Gasteiger partial charge in [-0.1, -0.05) is 54.6 Å². The molecule has 3 aromatic heterocycles. The van der Waals surface area contributed by atoms with Crippen molar-refractivity contribution in [3.05, 3.63) is 186 Å². The number of pyridine rings is 1. The molecule has 274 valence electrons. The summed E-state index contributed by atoms with van der Waals surface area (Å²) in [5.41, 5.74) is 12.0. The van der Waals surface area contributed by atoms with E-state index < -0.39 is 0 Å². The van der Waals surface area contributed by atoms with E-state index in [9.17, 15) is 26.3 Å². The van der Waals surface area contributed by atoms with Gasteiger partial charge in [0, 0.05) is 33.3 Å². The molecule has 0 radical (unpaired) electrons. The van der Waals surface area contributed by atoms with Gasteiger partial charge < -0.3 is 9.13 Å². The lowest BCUT2D eigenvalue weighted by Gasteiger charge is -2.18. The maximum atomic E-state index is 10.8. The first-order valence-electron chi connectivity index (χ1n) is 19.0. The molecule has 0 aliphatic carbocycles. The van der Waals surface area contributed by atoms with Crippen molar-refractivity contribution in [1.29, 1.82) is 26.3 Å². The van der Waals surface area contributed by atoms with Crippen LogP contribution in [0.4, 0.5) is 0 Å². The summed E-state index contributed by atoms with van der Waals surface area (Å²) in [6.45, 7) is 0. The van der Waals surface area contributed by atoms with Crippen LogP contribution in [-0.4, -0.2) is 14.1 Å². The van der Waals surface area contributed by atoms with Gasteiger partial charge in [-0.2, -0.15) is 26.3 Å². The van der Waals surface area contributed by atoms with Crippen LogP contribution in [0.15, 0.2) is 158 Å². The van der Waals surface area contributed by atoms with Crippen LogP contribution in [0.2, 0.25) is 0 Å². The van der Waals surface area contributed by atoms with Gasteiger partial charge in [-0.05, 0) is 119 Å². The molecule has 0 unspecified atom stereocenters. The number of benzene rings is 7. The van der Waals surface area contributed by atoms with Gasteiger partial charge in [-0.3, -0.25) is 4.98 Å². The maximum Gasteiger partial charge on any atom is 0.0999 e. The third-order valence-electron chi connectivity index (χ3n) is 11.1. The quantitative estimate of drug-likeness (QED) is 0.171. The Labute approximate surface area is 343 Å². The van der Waals surface area contributed by atoms with Gasteiger partial charge in [-0.15, -0.1) is 0 Å². The summed E-state index contributed by atoms with van der Waals surface area (Å²) < 4.78 is 4.36. The summed E-state index contributed by atoms with van der Waals surface area (Å²) in [4.78, 5) is 5.05. The average Bonchev–Trinajstić information content (AvgIpc) is 3.82. The Kier molecular flexibility index (Phi) is 8.23. The van der Waals surface area contributed by atoms with E-state index in [1.807, 2.05) is 72.8 Å². The lowest BCUT2D eigenvalue weighted by molar-refractivity contribution is 1.12. The molecule has 7 aromatic carbocycles. The van der Waals surface area contributed by atoms with E-state index in [-0.39, 0.29) is 0 Å². The highest BCUT2D eigenvalue weighted by Crippen LogP contribution is 2.42. The fourth-order valence-electron chi connectivity index (χ4n) is 8.51. The van der Waals surface area contributed by atoms with Crippen molar-refractivity contribution in [1.82, 2.24) is 14.1 Å². The summed E-state index contributed by atoms with van der Waals surface area (Å²) in [7, 11) is 0. The predicted molar refractivity (Wildman–Crippen MR) is 233 cm³/mol. The van der Waals surface area contributed by atoms with E-state index in [0.717, 1.165) is 77.2 Å². The molecule has 0 saturated carbocycles. The molecular weight excluding hydrogens is 737 g/mol. The van der Waals surface area contributed by atoms with Gasteiger partial charge in [-0.25, -0.2) is 0 Å². The van der Waals surface area contributed by atoms with Gasteiger partial charge in [0.05, 0.1) is 97.3 Å². The average molecular weight is 763 g/mol. The van der Waals surface area contributed by atoms with Crippen LogP contribution in [0.3, 0.4) is 0 Å². The lowest BCUT2D eigenvalue weighted by Crippen LogP contribution is -2.04. The number of aromatic nitrogens is 3. The van der Waals surface area contributed by atoms with Crippen LogP contribution in [0, 0.1) is 56.7 Å². The monoisotopic (exact) mass is 762 g/mol. The van der Waals surface area contributed by atoms with E-state index in [1.54, 1.807) is 42.6 Å². The zero-order chi connectivity index (χ0) is 40.9. The Morgan fingerprint density at radius 3 is 1.33 bits per heavy atom. The molecule has 0 aliphatic heterocycles. The summed E-state index contributed by atoms with van der Waals surface area (Å²) in [6, 6.07) is 59.8. The Hall–Kier alpha value is -9.26. The number of hydrogen-bond acceptors (Lipinski definition) is 6. The molecule has 3 heterocycles. The number of hydrogen-bond donors (Lipinski definition) is 0. The summed E-state index contributed by atoms with van der Waals surface area (Å²) in [5.74, 6) is 0. The van der Waals surface area contributed by atoms with Gasteiger partial charge in [0.1, 0.15) is 0 Å². The lowest BCUT2D eigenvalue weighted by atomic mass is 9.98. The molecule has 0 bridgehead atoms. The second-order valence-corrected chi connectivity index (χ2v) is 14.4. The first-order chi connectivity index (χ1) is 29.5. The normalized spacial score (nSPS) is 10.9. The first kappa shape index (κ1) is 35.2. The predicted octanol–water partition coefficient (Wildman–Crippen LogP) is 11.6. The Bertz CT molecular complexity index is 3620. The molecule has 0 saturated heterocycles. The summed E-state index contributed by atoms with van der Waals surface area (Å²) >= 11 is 0. The van der Waals surface area contributed by atoms with Gasteiger partial charge >= 0.3 is 0 Å². The summed E-state index contributed by atoms with van der Waals surface area (Å²) in [5, 5.41) is 53.5. The molecule has 0 atom stereocenters. The van der Waals surface area contributed by atoms with Crippen molar-refractivity contribution in [3.8, 4) is 75.2 Å². The third-order valence-corrected chi connectivity index (χ3v) is 11.1. The van der Waals surface area contributed by atoms with E-state index in [4.69, 9.17) is 4.98 Å². The molecule has 0 N–H and O–H groups in total. The first-order valence-corrected chi connectivity index (χ1v) is 19.0. The Morgan fingerprint density at radius 1 is 0.367 bits per heavy atom. The Morgan fingerprint density at radius 2 is 0.833 bits per heavy atom. The summed E-state index contributed by atoms with van der Waals surface area (Å²) in [6.07, 6.45) is 1.75. The standard InChI is InChI=1S/C52H26N8/c53-27-32-19-33(28-54)22-39(21-32)36-14-16-47-43(25-36)41-8-1-3-10-45(41)59(47)49-12-5-7-38(31-57)51(49)52-50(13-6-18-58-52)60-46-11-4-2-9-42(46)44-26-37(15-17-48(44)60)40-23-34(29-55)20-35(24-40)30-56/h1-26H. The molecule has 0 spiro atoms. The number of nitrogens with zero attached hydrogens (tertiary/aromatic N) is 8. The van der Waals surface area contributed by atoms with Crippen molar-refractivity contribution in [2.75, 3.05) is 0 Å². The Balaban J connectivity index is 1.21. The highest BCUT2D eigenvalue weighted by Gasteiger charge is 2.24. The van der Waals surface area contributed by atoms with E-state index in [1.165, 1.54) is 0 Å². The smallest absolute Gasteiger partial charge is 0.0999 e. The molecule has 0 fully saturated rings. The van der Waals surface area contributed by atoms with Crippen LogP contribution < -0.4 is 0 Å². The zero-order valence-corrected chi connectivity index (χ0v) is 31.6. The highest BCUT2D eigenvalue weighted by atomic mass is 15.0. The second kappa shape index (κ2) is 14.0. The second-order valence-electron chi connectivity index (χ2n) is 14.4. The van der Waals surface area contributed by atoms with Gasteiger partial charge in [0.15, 0.2) is 0 Å². The topological polar surface area (TPSA) is 142 Å². The highest BCUT2D eigenvalue weighted by molar-refractivity contribution is 6.12. The SMILES string of the molecule is N#Cc1cc(C#N)cc(-c2ccc3c(c2)c2ccccc2n3-c2cccnc2-c2c(C#N)cccc2-n2c3ccccc3c3cc(-c4cc(C#N)cc(C#N)c4)ccc32)c1. The molecule has 8 heteroatoms. The van der Waals surface area contributed by atoms with Crippen molar-refractivity contribution in [2.24, 2.45) is 0 Å². The van der Waals surface area contributed by atoms with E-state index in [2.05, 4.69) is 81.9 Å². The van der Waals surface area contributed by atoms with Crippen LogP contribution in [0.1, 0.15) is 27.8 Å². The largest absolute Gasteiger partial charge is 0.309 e. The molecule has 0 amide bonds. The molecule has 60 heavy (non-hydrogen) atoms. The van der Waals surface area contributed by atoms with Crippen LogP contribution in [-0.2, 0) is 0 Å². The maximum absolute atomic E-state index is 10.8.